The van der Waals surface area contributed by atoms with Gasteiger partial charge in [0, 0.05) is 24.6 Å². The number of rotatable bonds is 3. The highest BCUT2D eigenvalue weighted by Gasteiger charge is 2.30. The second-order valence-corrected chi connectivity index (χ2v) is 8.06. The molecule has 0 aromatic heterocycles. The molecule has 0 radical (unpaired) electrons. The number of aliphatic hydroxyl groups is 1. The van der Waals surface area contributed by atoms with Gasteiger partial charge in [0.2, 0.25) is 5.91 Å². The van der Waals surface area contributed by atoms with Crippen LogP contribution in [-0.2, 0) is 4.79 Å². The normalized spacial score (nSPS) is 24.7. The minimum atomic E-state index is -0.433. The lowest BCUT2D eigenvalue weighted by Crippen LogP contribution is -2.49. The molecule has 2 aliphatic rings. The zero-order chi connectivity index (χ0) is 19.2. The van der Waals surface area contributed by atoms with Crippen molar-refractivity contribution in [2.45, 2.75) is 70.4 Å². The van der Waals surface area contributed by atoms with Crippen LogP contribution in [0.2, 0.25) is 0 Å². The quantitative estimate of drug-likeness (QED) is 0.857. The minimum absolute atomic E-state index is 0.0441. The predicted octanol–water partition coefficient (Wildman–Crippen LogP) is 3.05. The van der Waals surface area contributed by atoms with E-state index in [0.29, 0.717) is 25.9 Å². The molecule has 1 aliphatic heterocycles. The molecule has 3 rings (SSSR count). The van der Waals surface area contributed by atoms with Crippen LogP contribution in [0.25, 0.3) is 0 Å². The number of aryl methyl sites for hydroxylation is 1. The van der Waals surface area contributed by atoms with Crippen molar-refractivity contribution in [3.8, 4) is 0 Å². The van der Waals surface area contributed by atoms with Crippen molar-refractivity contribution >= 4 is 11.8 Å². The summed E-state index contributed by atoms with van der Waals surface area (Å²) in [5, 5.41) is 13.4. The summed E-state index contributed by atoms with van der Waals surface area (Å²) in [7, 11) is 0. The van der Waals surface area contributed by atoms with Crippen LogP contribution in [0.4, 0.5) is 0 Å². The van der Waals surface area contributed by atoms with E-state index in [1.807, 2.05) is 36.1 Å². The van der Waals surface area contributed by atoms with Gasteiger partial charge in [-0.3, -0.25) is 9.59 Å². The van der Waals surface area contributed by atoms with E-state index >= 15 is 0 Å². The second kappa shape index (κ2) is 9.36. The van der Waals surface area contributed by atoms with Gasteiger partial charge in [0.25, 0.3) is 5.91 Å². The number of hydrogen-bond donors (Lipinski definition) is 2. The molecule has 5 nitrogen and oxygen atoms in total. The first-order valence-electron chi connectivity index (χ1n) is 10.4. The minimum Gasteiger partial charge on any atom is -0.391 e. The predicted molar refractivity (Wildman–Crippen MR) is 105 cm³/mol. The van der Waals surface area contributed by atoms with Crippen molar-refractivity contribution in [3.63, 3.8) is 0 Å². The molecule has 0 spiro atoms. The zero-order valence-corrected chi connectivity index (χ0v) is 16.3. The van der Waals surface area contributed by atoms with Crippen molar-refractivity contribution < 1.29 is 14.7 Å². The Balaban J connectivity index is 1.51. The van der Waals surface area contributed by atoms with Gasteiger partial charge >= 0.3 is 0 Å². The van der Waals surface area contributed by atoms with Crippen molar-refractivity contribution in [1.82, 2.24) is 10.2 Å². The van der Waals surface area contributed by atoms with Gasteiger partial charge in [0.15, 0.2) is 0 Å². The van der Waals surface area contributed by atoms with Crippen LogP contribution < -0.4 is 5.32 Å². The molecular weight excluding hydrogens is 340 g/mol. The van der Waals surface area contributed by atoms with Crippen molar-refractivity contribution in [2.75, 3.05) is 13.1 Å². The van der Waals surface area contributed by atoms with Gasteiger partial charge in [0.1, 0.15) is 0 Å². The highest BCUT2D eigenvalue weighted by Crippen LogP contribution is 2.22. The van der Waals surface area contributed by atoms with Gasteiger partial charge < -0.3 is 15.3 Å². The smallest absolute Gasteiger partial charge is 0.254 e. The summed E-state index contributed by atoms with van der Waals surface area (Å²) < 4.78 is 0. The summed E-state index contributed by atoms with van der Waals surface area (Å²) in [4.78, 5) is 27.3. The first-order valence-corrected chi connectivity index (χ1v) is 10.4. The fourth-order valence-corrected chi connectivity index (χ4v) is 4.26. The fraction of sp³-hybridized carbons (Fsp3) is 0.636. The number of hydrogen-bond acceptors (Lipinski definition) is 3. The van der Waals surface area contributed by atoms with Gasteiger partial charge in [-0.25, -0.2) is 0 Å². The van der Waals surface area contributed by atoms with Crippen molar-refractivity contribution in [3.05, 3.63) is 35.4 Å². The summed E-state index contributed by atoms with van der Waals surface area (Å²) in [5.74, 6) is 0.0357. The van der Waals surface area contributed by atoms with E-state index in [9.17, 15) is 14.7 Å². The molecule has 2 atom stereocenters. The summed E-state index contributed by atoms with van der Waals surface area (Å²) >= 11 is 0. The first-order chi connectivity index (χ1) is 13.1. The van der Waals surface area contributed by atoms with Crippen LogP contribution in [0.5, 0.6) is 0 Å². The van der Waals surface area contributed by atoms with E-state index in [2.05, 4.69) is 5.32 Å². The molecule has 2 amide bonds. The summed E-state index contributed by atoms with van der Waals surface area (Å²) in [6.45, 7) is 3.17. The standard InChI is InChI=1S/C22H32N2O3/c1-16-8-6-7-9-18(16)22(27)24-14-12-17(13-15-24)21(26)23-19-10-4-2-3-5-11-20(19)25/h6-9,17,19-20,25H,2-5,10-15H2,1H3,(H,23,26)/t19-,20-/m0/s1. The Hall–Kier alpha value is -1.88. The number of benzene rings is 1. The lowest BCUT2D eigenvalue weighted by atomic mass is 9.91. The number of nitrogens with one attached hydrogen (secondary N) is 1. The molecule has 1 saturated heterocycles. The second-order valence-electron chi connectivity index (χ2n) is 8.06. The molecule has 1 heterocycles. The highest BCUT2D eigenvalue weighted by atomic mass is 16.3. The molecule has 0 bridgehead atoms. The molecule has 0 unspecified atom stereocenters. The molecule has 2 N–H and O–H groups in total. The average molecular weight is 373 g/mol. The van der Waals surface area contributed by atoms with Gasteiger partial charge in [-0.2, -0.15) is 0 Å². The average Bonchev–Trinajstić information content (AvgIpc) is 2.67. The van der Waals surface area contributed by atoms with Crippen LogP contribution in [0.1, 0.15) is 67.3 Å². The van der Waals surface area contributed by atoms with Gasteiger partial charge in [-0.05, 0) is 44.2 Å². The Kier molecular flexibility index (Phi) is 6.89. The Labute approximate surface area is 162 Å². The van der Waals surface area contributed by atoms with Crippen LogP contribution in [0, 0.1) is 12.8 Å². The van der Waals surface area contributed by atoms with Crippen molar-refractivity contribution in [2.24, 2.45) is 5.92 Å². The zero-order valence-electron chi connectivity index (χ0n) is 16.3. The molecule has 1 aliphatic carbocycles. The Bertz CT molecular complexity index is 653. The van der Waals surface area contributed by atoms with Crippen LogP contribution in [-0.4, -0.2) is 47.1 Å². The number of likely N-dealkylation sites (tertiary alicyclic amines) is 1. The SMILES string of the molecule is Cc1ccccc1C(=O)N1CCC(C(=O)N[C@H]2CCCCCC[C@@H]2O)CC1. The number of aliphatic hydroxyl groups excluding tert-OH is 1. The monoisotopic (exact) mass is 372 g/mol. The Morgan fingerprint density at radius 1 is 1.00 bits per heavy atom. The summed E-state index contributed by atoms with van der Waals surface area (Å²) in [6.07, 6.45) is 7.02. The van der Waals surface area contributed by atoms with Crippen LogP contribution >= 0.6 is 0 Å². The maximum absolute atomic E-state index is 12.7. The molecule has 2 fully saturated rings. The summed E-state index contributed by atoms with van der Waals surface area (Å²) in [5.41, 5.74) is 1.73. The molecule has 1 saturated carbocycles. The lowest BCUT2D eigenvalue weighted by Gasteiger charge is -2.33. The maximum atomic E-state index is 12.7. The fourth-order valence-electron chi connectivity index (χ4n) is 4.26. The first kappa shape index (κ1) is 19.9. The number of piperidine rings is 1. The number of nitrogens with zero attached hydrogens (tertiary/aromatic N) is 1. The van der Waals surface area contributed by atoms with Gasteiger partial charge in [-0.1, -0.05) is 43.9 Å². The van der Waals surface area contributed by atoms with E-state index in [0.717, 1.165) is 36.8 Å². The Morgan fingerprint density at radius 3 is 2.37 bits per heavy atom. The van der Waals surface area contributed by atoms with Crippen molar-refractivity contribution in [1.29, 1.82) is 0 Å². The third-order valence-corrected chi connectivity index (χ3v) is 6.09. The van der Waals surface area contributed by atoms with E-state index in [-0.39, 0.29) is 23.8 Å². The number of carbonyl (C=O) groups is 2. The third kappa shape index (κ3) is 5.10. The third-order valence-electron chi connectivity index (χ3n) is 6.09. The van der Waals surface area contributed by atoms with E-state index in [1.54, 1.807) is 0 Å². The van der Waals surface area contributed by atoms with Crippen LogP contribution in [0.15, 0.2) is 24.3 Å². The van der Waals surface area contributed by atoms with E-state index in [1.165, 1.54) is 12.8 Å². The van der Waals surface area contributed by atoms with E-state index < -0.39 is 6.10 Å². The Morgan fingerprint density at radius 2 is 1.67 bits per heavy atom. The number of carbonyl (C=O) groups excluding carboxylic acids is 2. The molecular formula is C22H32N2O3. The molecule has 5 heteroatoms. The maximum Gasteiger partial charge on any atom is 0.254 e. The largest absolute Gasteiger partial charge is 0.391 e. The molecule has 148 valence electrons. The molecule has 1 aromatic rings. The topological polar surface area (TPSA) is 69.6 Å². The molecule has 27 heavy (non-hydrogen) atoms. The summed E-state index contributed by atoms with van der Waals surface area (Å²) in [6, 6.07) is 7.53. The molecule has 1 aromatic carbocycles. The van der Waals surface area contributed by atoms with Crippen LogP contribution in [0.3, 0.4) is 0 Å². The van der Waals surface area contributed by atoms with E-state index in [4.69, 9.17) is 0 Å². The lowest BCUT2D eigenvalue weighted by molar-refractivity contribution is -0.128. The van der Waals surface area contributed by atoms with Gasteiger partial charge in [-0.15, -0.1) is 0 Å². The highest BCUT2D eigenvalue weighted by molar-refractivity contribution is 5.95. The van der Waals surface area contributed by atoms with Gasteiger partial charge in [0.05, 0.1) is 12.1 Å². The number of amides is 2.